The maximum Gasteiger partial charge on any atom is 0.408 e. The van der Waals surface area contributed by atoms with Crippen molar-refractivity contribution < 1.29 is 17.9 Å². The fourth-order valence-corrected chi connectivity index (χ4v) is 3.58. The Morgan fingerprint density at radius 3 is 2.81 bits per heavy atom. The van der Waals surface area contributed by atoms with Crippen LogP contribution in [0.25, 0.3) is 0 Å². The summed E-state index contributed by atoms with van der Waals surface area (Å²) >= 11 is 0. The SMILES string of the molecule is Cc1nn(CC(F)(F)F)c(C)c1[C@@H]1COCCN1Cc1cccc(C#N)c1. The molecule has 0 amide bonds. The molecule has 1 atom stereocenters. The lowest BCUT2D eigenvalue weighted by molar-refractivity contribution is -0.143. The second-order valence-corrected chi connectivity index (χ2v) is 6.73. The van der Waals surface area contributed by atoms with Crippen LogP contribution in [0.15, 0.2) is 24.3 Å². The molecule has 8 heteroatoms. The maximum absolute atomic E-state index is 12.8. The molecule has 144 valence electrons. The number of benzene rings is 1. The Morgan fingerprint density at radius 1 is 1.33 bits per heavy atom. The molecule has 3 rings (SSSR count). The van der Waals surface area contributed by atoms with Crippen molar-refractivity contribution in [1.29, 1.82) is 5.26 Å². The molecule has 5 nitrogen and oxygen atoms in total. The summed E-state index contributed by atoms with van der Waals surface area (Å²) in [4.78, 5) is 2.18. The van der Waals surface area contributed by atoms with E-state index in [1.807, 2.05) is 18.2 Å². The molecule has 1 aromatic carbocycles. The van der Waals surface area contributed by atoms with Gasteiger partial charge in [0.15, 0.2) is 0 Å². The monoisotopic (exact) mass is 378 g/mol. The number of hydrogen-bond donors (Lipinski definition) is 0. The van der Waals surface area contributed by atoms with E-state index in [1.165, 1.54) is 0 Å². The molecule has 0 saturated carbocycles. The molecule has 0 bridgehead atoms. The van der Waals surface area contributed by atoms with Crippen LogP contribution in [0.1, 0.15) is 34.1 Å². The van der Waals surface area contributed by atoms with Gasteiger partial charge in [-0.15, -0.1) is 0 Å². The van der Waals surface area contributed by atoms with Crippen LogP contribution in [0.3, 0.4) is 0 Å². The number of alkyl halides is 3. The molecule has 1 aromatic heterocycles. The Balaban J connectivity index is 1.88. The number of nitriles is 1. The first-order valence-corrected chi connectivity index (χ1v) is 8.70. The molecule has 1 fully saturated rings. The van der Waals surface area contributed by atoms with Crippen molar-refractivity contribution in [2.45, 2.75) is 39.2 Å². The fraction of sp³-hybridized carbons (Fsp3) is 0.474. The van der Waals surface area contributed by atoms with Crippen LogP contribution in [-0.2, 0) is 17.8 Å². The van der Waals surface area contributed by atoms with E-state index in [0.29, 0.717) is 43.3 Å². The lowest BCUT2D eigenvalue weighted by Gasteiger charge is -2.36. The highest BCUT2D eigenvalue weighted by molar-refractivity contribution is 5.33. The van der Waals surface area contributed by atoms with Gasteiger partial charge in [-0.25, -0.2) is 0 Å². The summed E-state index contributed by atoms with van der Waals surface area (Å²) in [7, 11) is 0. The molecule has 0 unspecified atom stereocenters. The number of rotatable bonds is 4. The van der Waals surface area contributed by atoms with Gasteiger partial charge >= 0.3 is 6.18 Å². The summed E-state index contributed by atoms with van der Waals surface area (Å²) in [6.07, 6.45) is -4.32. The van der Waals surface area contributed by atoms with E-state index >= 15 is 0 Å². The Bertz CT molecular complexity index is 854. The summed E-state index contributed by atoms with van der Waals surface area (Å²) in [6.45, 7) is 4.51. The molecule has 0 N–H and O–H groups in total. The van der Waals surface area contributed by atoms with Crippen LogP contribution >= 0.6 is 0 Å². The Kier molecular flexibility index (Phi) is 5.53. The molecule has 2 heterocycles. The van der Waals surface area contributed by atoms with Gasteiger partial charge in [0.1, 0.15) is 6.54 Å². The van der Waals surface area contributed by atoms with E-state index in [9.17, 15) is 13.2 Å². The van der Waals surface area contributed by atoms with Crippen LogP contribution in [0.4, 0.5) is 13.2 Å². The number of ether oxygens (including phenoxy) is 1. The molecule has 27 heavy (non-hydrogen) atoms. The van der Waals surface area contributed by atoms with Crippen molar-refractivity contribution in [2.24, 2.45) is 0 Å². The first-order valence-electron chi connectivity index (χ1n) is 8.70. The summed E-state index contributed by atoms with van der Waals surface area (Å²) in [6, 6.07) is 9.31. The van der Waals surface area contributed by atoms with Crippen molar-refractivity contribution in [3.05, 3.63) is 52.3 Å². The topological polar surface area (TPSA) is 54.1 Å². The number of halogens is 3. The van der Waals surface area contributed by atoms with E-state index < -0.39 is 12.7 Å². The predicted octanol–water partition coefficient (Wildman–Crippen LogP) is 3.51. The highest BCUT2D eigenvalue weighted by atomic mass is 19.4. The van der Waals surface area contributed by atoms with E-state index in [2.05, 4.69) is 16.1 Å². The third-order valence-electron chi connectivity index (χ3n) is 4.78. The van der Waals surface area contributed by atoms with Crippen LogP contribution in [0.2, 0.25) is 0 Å². The highest BCUT2D eigenvalue weighted by Gasteiger charge is 2.33. The van der Waals surface area contributed by atoms with Gasteiger partial charge < -0.3 is 4.74 Å². The zero-order valence-corrected chi connectivity index (χ0v) is 15.3. The van der Waals surface area contributed by atoms with Gasteiger partial charge in [0, 0.05) is 24.3 Å². The standard InChI is InChI=1S/C19H21F3N4O/c1-13-18(14(2)26(24-13)12-19(20,21)22)17-11-27-7-6-25(17)10-16-5-3-4-15(8-16)9-23/h3-5,8,17H,6-7,10-12H2,1-2H3/t17-/m0/s1. The second-order valence-electron chi connectivity index (χ2n) is 6.73. The van der Waals surface area contributed by atoms with Crippen LogP contribution in [-0.4, -0.2) is 40.6 Å². The van der Waals surface area contributed by atoms with E-state index in [1.54, 1.807) is 19.9 Å². The van der Waals surface area contributed by atoms with Crippen LogP contribution in [0, 0.1) is 25.2 Å². The quantitative estimate of drug-likeness (QED) is 0.817. The van der Waals surface area contributed by atoms with Crippen LogP contribution < -0.4 is 0 Å². The number of nitrogens with zero attached hydrogens (tertiary/aromatic N) is 4. The molecule has 0 radical (unpaired) electrons. The lowest BCUT2D eigenvalue weighted by Crippen LogP contribution is -2.39. The molecular weight excluding hydrogens is 357 g/mol. The van der Waals surface area contributed by atoms with Gasteiger partial charge in [-0.1, -0.05) is 12.1 Å². The lowest BCUT2D eigenvalue weighted by atomic mass is 10.0. The van der Waals surface area contributed by atoms with Crippen molar-refractivity contribution >= 4 is 0 Å². The minimum absolute atomic E-state index is 0.175. The van der Waals surface area contributed by atoms with Gasteiger partial charge in [0.25, 0.3) is 0 Å². The van der Waals surface area contributed by atoms with E-state index in [0.717, 1.165) is 15.8 Å². The third kappa shape index (κ3) is 4.49. The zero-order chi connectivity index (χ0) is 19.6. The van der Waals surface area contributed by atoms with Gasteiger partial charge in [0.2, 0.25) is 0 Å². The average Bonchev–Trinajstić information content (AvgIpc) is 2.87. The van der Waals surface area contributed by atoms with Crippen molar-refractivity contribution in [3.63, 3.8) is 0 Å². The molecule has 2 aromatic rings. The van der Waals surface area contributed by atoms with Gasteiger partial charge in [-0.2, -0.15) is 23.5 Å². The summed E-state index contributed by atoms with van der Waals surface area (Å²) in [5, 5.41) is 13.2. The fourth-order valence-electron chi connectivity index (χ4n) is 3.58. The number of aryl methyl sites for hydroxylation is 1. The van der Waals surface area contributed by atoms with E-state index in [4.69, 9.17) is 10.00 Å². The first-order chi connectivity index (χ1) is 12.8. The molecular formula is C19H21F3N4O. The molecule has 1 aliphatic heterocycles. The Morgan fingerprint density at radius 2 is 2.11 bits per heavy atom. The van der Waals surface area contributed by atoms with E-state index in [-0.39, 0.29) is 6.04 Å². The molecule has 1 saturated heterocycles. The number of aromatic nitrogens is 2. The van der Waals surface area contributed by atoms with Gasteiger partial charge in [-0.3, -0.25) is 9.58 Å². The summed E-state index contributed by atoms with van der Waals surface area (Å²) in [5.41, 5.74) is 3.45. The van der Waals surface area contributed by atoms with Crippen molar-refractivity contribution in [1.82, 2.24) is 14.7 Å². The first kappa shape index (κ1) is 19.4. The van der Waals surface area contributed by atoms with Gasteiger partial charge in [-0.05, 0) is 31.5 Å². The smallest absolute Gasteiger partial charge is 0.378 e. The number of morpholine rings is 1. The minimum Gasteiger partial charge on any atom is -0.378 e. The number of hydrogen-bond acceptors (Lipinski definition) is 4. The van der Waals surface area contributed by atoms with Gasteiger partial charge in [0.05, 0.1) is 36.6 Å². The molecule has 1 aliphatic rings. The molecule has 0 aliphatic carbocycles. The largest absolute Gasteiger partial charge is 0.408 e. The maximum atomic E-state index is 12.8. The van der Waals surface area contributed by atoms with Crippen molar-refractivity contribution in [3.8, 4) is 6.07 Å². The Hall–Kier alpha value is -2.37. The average molecular weight is 378 g/mol. The predicted molar refractivity (Wildman–Crippen MR) is 92.9 cm³/mol. The van der Waals surface area contributed by atoms with Crippen molar-refractivity contribution in [2.75, 3.05) is 19.8 Å². The zero-order valence-electron chi connectivity index (χ0n) is 15.3. The second kappa shape index (κ2) is 7.71. The summed E-state index contributed by atoms with van der Waals surface area (Å²) in [5.74, 6) is 0. The Labute approximate surface area is 156 Å². The normalized spacial score (nSPS) is 18.4. The highest BCUT2D eigenvalue weighted by Crippen LogP contribution is 2.31. The minimum atomic E-state index is -4.32. The van der Waals surface area contributed by atoms with Crippen LogP contribution in [0.5, 0.6) is 0 Å². The third-order valence-corrected chi connectivity index (χ3v) is 4.78. The molecule has 0 spiro atoms. The summed E-state index contributed by atoms with van der Waals surface area (Å²) < 4.78 is 45.1.